The highest BCUT2D eigenvalue weighted by Gasteiger charge is 2.25. The van der Waals surface area contributed by atoms with E-state index in [1.54, 1.807) is 7.11 Å². The Bertz CT molecular complexity index is 470. The van der Waals surface area contributed by atoms with Gasteiger partial charge in [0.25, 0.3) is 0 Å². The van der Waals surface area contributed by atoms with Crippen LogP contribution in [-0.2, 0) is 4.79 Å². The highest BCUT2D eigenvalue weighted by Crippen LogP contribution is 2.23. The molecule has 5 nitrogen and oxygen atoms in total. The number of ether oxygens (including phenoxy) is 1. The summed E-state index contributed by atoms with van der Waals surface area (Å²) in [6.07, 6.45) is 0. The van der Waals surface area contributed by atoms with E-state index in [1.165, 1.54) is 0 Å². The van der Waals surface area contributed by atoms with Crippen molar-refractivity contribution in [1.29, 1.82) is 0 Å². The van der Waals surface area contributed by atoms with Crippen LogP contribution in [0.15, 0.2) is 24.3 Å². The third-order valence-corrected chi connectivity index (χ3v) is 4.15. The summed E-state index contributed by atoms with van der Waals surface area (Å²) in [6, 6.07) is 7.36. The third kappa shape index (κ3) is 3.95. The molecule has 1 heterocycles. The molecule has 1 saturated heterocycles. The number of para-hydroxylation sites is 2. The maximum Gasteiger partial charge on any atom is 0.241 e. The average Bonchev–Trinajstić information content (AvgIpc) is 2.54. The van der Waals surface area contributed by atoms with Crippen LogP contribution in [0.1, 0.15) is 13.8 Å². The first-order valence-electron chi connectivity index (χ1n) is 7.56. The van der Waals surface area contributed by atoms with E-state index in [2.05, 4.69) is 22.0 Å². The monoisotopic (exact) mass is 291 g/mol. The molecule has 1 aromatic rings. The molecule has 1 N–H and O–H groups in total. The van der Waals surface area contributed by atoms with Crippen molar-refractivity contribution in [2.75, 3.05) is 45.2 Å². The first kappa shape index (κ1) is 15.8. The molecule has 0 saturated carbocycles. The minimum absolute atomic E-state index is 0.0180. The van der Waals surface area contributed by atoms with Crippen LogP contribution in [0.4, 0.5) is 5.69 Å². The van der Waals surface area contributed by atoms with Crippen molar-refractivity contribution in [1.82, 2.24) is 9.80 Å². The summed E-state index contributed by atoms with van der Waals surface area (Å²) in [6.45, 7) is 9.16. The molecule has 5 heteroatoms. The lowest BCUT2D eigenvalue weighted by Crippen LogP contribution is -2.52. The predicted octanol–water partition coefficient (Wildman–Crippen LogP) is 1.66. The van der Waals surface area contributed by atoms with Gasteiger partial charge in [-0.05, 0) is 25.6 Å². The second-order valence-corrected chi connectivity index (χ2v) is 5.34. The van der Waals surface area contributed by atoms with E-state index in [9.17, 15) is 4.79 Å². The molecule has 21 heavy (non-hydrogen) atoms. The minimum atomic E-state index is -0.131. The number of nitrogens with one attached hydrogen (secondary N) is 1. The highest BCUT2D eigenvalue weighted by molar-refractivity contribution is 5.95. The van der Waals surface area contributed by atoms with Crippen LogP contribution in [0.5, 0.6) is 5.75 Å². The Morgan fingerprint density at radius 2 is 1.95 bits per heavy atom. The number of carbonyl (C=O) groups is 1. The molecule has 0 aromatic heterocycles. The number of carbonyl (C=O) groups excluding carboxylic acids is 1. The summed E-state index contributed by atoms with van der Waals surface area (Å²) in [5.74, 6) is 0.707. The zero-order chi connectivity index (χ0) is 15.2. The maximum absolute atomic E-state index is 12.4. The molecular weight excluding hydrogens is 266 g/mol. The third-order valence-electron chi connectivity index (χ3n) is 4.15. The van der Waals surface area contributed by atoms with E-state index >= 15 is 0 Å². The van der Waals surface area contributed by atoms with Gasteiger partial charge in [-0.3, -0.25) is 9.69 Å². The minimum Gasteiger partial charge on any atom is -0.495 e. The van der Waals surface area contributed by atoms with Crippen molar-refractivity contribution in [2.24, 2.45) is 0 Å². The predicted molar refractivity (Wildman–Crippen MR) is 84.8 cm³/mol. The van der Waals surface area contributed by atoms with E-state index in [0.717, 1.165) is 38.4 Å². The summed E-state index contributed by atoms with van der Waals surface area (Å²) >= 11 is 0. The van der Waals surface area contributed by atoms with E-state index < -0.39 is 0 Å². The van der Waals surface area contributed by atoms with Gasteiger partial charge in [-0.25, -0.2) is 0 Å². The Hall–Kier alpha value is -1.59. The molecule has 1 aliphatic heterocycles. The van der Waals surface area contributed by atoms with E-state index in [4.69, 9.17) is 4.74 Å². The standard InChI is InChI=1S/C16H25N3O2/c1-4-18-9-11-19(12-10-18)13(2)16(20)17-14-7-5-6-8-15(14)21-3/h5-8,13H,4,9-12H2,1-3H3,(H,17,20)/t13-/m1/s1. The lowest BCUT2D eigenvalue weighted by atomic mass is 10.2. The normalized spacial score (nSPS) is 18.2. The van der Waals surface area contributed by atoms with Crippen LogP contribution in [-0.4, -0.2) is 61.6 Å². The SMILES string of the molecule is CCN1CCN([C@H](C)C(=O)Nc2ccccc2OC)CC1. The molecule has 1 aromatic carbocycles. The fraction of sp³-hybridized carbons (Fsp3) is 0.562. The molecule has 1 aliphatic rings. The molecule has 0 spiro atoms. The molecule has 0 radical (unpaired) electrons. The number of anilines is 1. The van der Waals surface area contributed by atoms with Gasteiger partial charge in [0.2, 0.25) is 5.91 Å². The van der Waals surface area contributed by atoms with Crippen molar-refractivity contribution in [2.45, 2.75) is 19.9 Å². The molecule has 0 unspecified atom stereocenters. The topological polar surface area (TPSA) is 44.8 Å². The van der Waals surface area contributed by atoms with E-state index in [1.807, 2.05) is 31.2 Å². The number of amides is 1. The first-order valence-corrected chi connectivity index (χ1v) is 7.56. The molecule has 0 aliphatic carbocycles. The number of methoxy groups -OCH3 is 1. The van der Waals surface area contributed by atoms with E-state index in [0.29, 0.717) is 5.75 Å². The number of rotatable bonds is 5. The fourth-order valence-corrected chi connectivity index (χ4v) is 2.62. The number of hydrogen-bond donors (Lipinski definition) is 1. The fourth-order valence-electron chi connectivity index (χ4n) is 2.62. The van der Waals surface area contributed by atoms with Crippen LogP contribution in [0, 0.1) is 0 Å². The van der Waals surface area contributed by atoms with Crippen LogP contribution in [0.2, 0.25) is 0 Å². The van der Waals surface area contributed by atoms with Crippen molar-refractivity contribution >= 4 is 11.6 Å². The quantitative estimate of drug-likeness (QED) is 0.896. The Morgan fingerprint density at radius 1 is 1.29 bits per heavy atom. The Kier molecular flexibility index (Phi) is 5.59. The second-order valence-electron chi connectivity index (χ2n) is 5.34. The lowest BCUT2D eigenvalue weighted by Gasteiger charge is -2.36. The zero-order valence-electron chi connectivity index (χ0n) is 13.1. The summed E-state index contributed by atoms with van der Waals surface area (Å²) in [4.78, 5) is 17.0. The number of likely N-dealkylation sites (N-methyl/N-ethyl adjacent to an activating group) is 1. The van der Waals surface area contributed by atoms with Gasteiger partial charge < -0.3 is 15.0 Å². The smallest absolute Gasteiger partial charge is 0.241 e. The molecule has 1 amide bonds. The molecule has 2 rings (SSSR count). The highest BCUT2D eigenvalue weighted by atomic mass is 16.5. The number of benzene rings is 1. The van der Waals surface area contributed by atoms with Gasteiger partial charge in [0.15, 0.2) is 0 Å². The van der Waals surface area contributed by atoms with Gasteiger partial charge in [-0.1, -0.05) is 19.1 Å². The van der Waals surface area contributed by atoms with Crippen molar-refractivity contribution in [3.63, 3.8) is 0 Å². The zero-order valence-corrected chi connectivity index (χ0v) is 13.1. The Labute approximate surface area is 126 Å². The number of nitrogens with zero attached hydrogens (tertiary/aromatic N) is 2. The summed E-state index contributed by atoms with van der Waals surface area (Å²) in [7, 11) is 1.61. The molecule has 1 fully saturated rings. The number of piperazine rings is 1. The van der Waals surface area contributed by atoms with Gasteiger partial charge in [0, 0.05) is 26.2 Å². The van der Waals surface area contributed by atoms with Crippen molar-refractivity contribution in [3.05, 3.63) is 24.3 Å². The lowest BCUT2D eigenvalue weighted by molar-refractivity contribution is -0.121. The number of hydrogen-bond acceptors (Lipinski definition) is 4. The van der Waals surface area contributed by atoms with Gasteiger partial charge in [0.1, 0.15) is 5.75 Å². The molecule has 116 valence electrons. The van der Waals surface area contributed by atoms with Crippen LogP contribution >= 0.6 is 0 Å². The van der Waals surface area contributed by atoms with E-state index in [-0.39, 0.29) is 11.9 Å². The van der Waals surface area contributed by atoms with Crippen molar-refractivity contribution < 1.29 is 9.53 Å². The summed E-state index contributed by atoms with van der Waals surface area (Å²) < 4.78 is 5.27. The Morgan fingerprint density at radius 3 is 2.57 bits per heavy atom. The second kappa shape index (κ2) is 7.43. The van der Waals surface area contributed by atoms with Crippen molar-refractivity contribution in [3.8, 4) is 5.75 Å². The molecule has 1 atom stereocenters. The molecular formula is C16H25N3O2. The first-order chi connectivity index (χ1) is 10.2. The largest absolute Gasteiger partial charge is 0.495 e. The van der Waals surface area contributed by atoms with Gasteiger partial charge >= 0.3 is 0 Å². The summed E-state index contributed by atoms with van der Waals surface area (Å²) in [5, 5.41) is 2.96. The summed E-state index contributed by atoms with van der Waals surface area (Å²) in [5.41, 5.74) is 0.726. The average molecular weight is 291 g/mol. The van der Waals surface area contributed by atoms with Crippen LogP contribution < -0.4 is 10.1 Å². The van der Waals surface area contributed by atoms with Gasteiger partial charge in [-0.2, -0.15) is 0 Å². The van der Waals surface area contributed by atoms with Gasteiger partial charge in [0.05, 0.1) is 18.8 Å². The van der Waals surface area contributed by atoms with Crippen LogP contribution in [0.3, 0.4) is 0 Å². The van der Waals surface area contributed by atoms with Crippen LogP contribution in [0.25, 0.3) is 0 Å². The molecule has 0 bridgehead atoms. The maximum atomic E-state index is 12.4. The Balaban J connectivity index is 1.94. The van der Waals surface area contributed by atoms with Gasteiger partial charge in [-0.15, -0.1) is 0 Å².